The van der Waals surface area contributed by atoms with Gasteiger partial charge in [-0.3, -0.25) is 4.90 Å². The van der Waals surface area contributed by atoms with E-state index < -0.39 is 0 Å². The Morgan fingerprint density at radius 2 is 1.95 bits per heavy atom. The molecule has 1 saturated heterocycles. The van der Waals surface area contributed by atoms with E-state index in [2.05, 4.69) is 49.1 Å². The number of benzene rings is 1. The molecule has 1 aromatic rings. The van der Waals surface area contributed by atoms with Crippen LogP contribution in [0.15, 0.2) is 30.3 Å². The number of morpholine rings is 1. The van der Waals surface area contributed by atoms with Crippen LogP contribution >= 0.6 is 0 Å². The third-order valence-corrected chi connectivity index (χ3v) is 4.03. The van der Waals surface area contributed by atoms with Crippen LogP contribution in [0.4, 0.5) is 0 Å². The summed E-state index contributed by atoms with van der Waals surface area (Å²) < 4.78 is 5.79. The van der Waals surface area contributed by atoms with Gasteiger partial charge in [0.2, 0.25) is 0 Å². The Labute approximate surface area is 123 Å². The first kappa shape index (κ1) is 15.5. The van der Waals surface area contributed by atoms with Gasteiger partial charge in [-0.1, -0.05) is 44.2 Å². The SMILES string of the molecule is CC(C)CC(c1ccccc1)N1CCOC(C(C)N)C1. The van der Waals surface area contributed by atoms with E-state index in [-0.39, 0.29) is 12.1 Å². The molecule has 1 fully saturated rings. The smallest absolute Gasteiger partial charge is 0.0850 e. The highest BCUT2D eigenvalue weighted by Gasteiger charge is 2.29. The second-order valence-electron chi connectivity index (χ2n) is 6.32. The van der Waals surface area contributed by atoms with E-state index in [1.54, 1.807) is 0 Å². The maximum absolute atomic E-state index is 6.02. The minimum absolute atomic E-state index is 0.0910. The molecule has 3 nitrogen and oxygen atoms in total. The van der Waals surface area contributed by atoms with Crippen molar-refractivity contribution >= 4 is 0 Å². The molecule has 0 radical (unpaired) electrons. The number of nitrogens with zero attached hydrogens (tertiary/aromatic N) is 1. The van der Waals surface area contributed by atoms with Crippen LogP contribution < -0.4 is 5.73 Å². The molecule has 112 valence electrons. The lowest BCUT2D eigenvalue weighted by Gasteiger charge is -2.40. The molecule has 2 N–H and O–H groups in total. The van der Waals surface area contributed by atoms with E-state index >= 15 is 0 Å². The largest absolute Gasteiger partial charge is 0.374 e. The predicted molar refractivity (Wildman–Crippen MR) is 83.6 cm³/mol. The van der Waals surface area contributed by atoms with Crippen molar-refractivity contribution in [3.63, 3.8) is 0 Å². The molecule has 1 aliphatic rings. The molecule has 0 aliphatic carbocycles. The van der Waals surface area contributed by atoms with Gasteiger partial charge in [-0.2, -0.15) is 0 Å². The fraction of sp³-hybridized carbons (Fsp3) is 0.647. The average molecular weight is 276 g/mol. The van der Waals surface area contributed by atoms with Gasteiger partial charge >= 0.3 is 0 Å². The highest BCUT2D eigenvalue weighted by atomic mass is 16.5. The molecule has 0 aromatic heterocycles. The van der Waals surface area contributed by atoms with Crippen LogP contribution in [0, 0.1) is 5.92 Å². The van der Waals surface area contributed by atoms with Crippen LogP contribution in [-0.4, -0.2) is 36.7 Å². The van der Waals surface area contributed by atoms with Crippen molar-refractivity contribution in [1.82, 2.24) is 4.90 Å². The Hall–Kier alpha value is -0.900. The Kier molecular flexibility index (Phi) is 5.58. The normalized spacial score (nSPS) is 23.8. The summed E-state index contributed by atoms with van der Waals surface area (Å²) in [4.78, 5) is 2.55. The van der Waals surface area contributed by atoms with Crippen molar-refractivity contribution in [1.29, 1.82) is 0 Å². The quantitative estimate of drug-likeness (QED) is 0.898. The molecule has 3 heteroatoms. The van der Waals surface area contributed by atoms with Gasteiger partial charge in [0.15, 0.2) is 0 Å². The molecule has 0 spiro atoms. The van der Waals surface area contributed by atoms with Gasteiger partial charge in [-0.05, 0) is 24.8 Å². The third kappa shape index (κ3) is 4.05. The van der Waals surface area contributed by atoms with Crippen molar-refractivity contribution < 1.29 is 4.74 Å². The Balaban J connectivity index is 2.14. The van der Waals surface area contributed by atoms with Crippen LogP contribution in [0.3, 0.4) is 0 Å². The summed E-state index contributed by atoms with van der Waals surface area (Å²) in [6.45, 7) is 9.33. The molecule has 0 bridgehead atoms. The first-order valence-electron chi connectivity index (χ1n) is 7.74. The van der Waals surface area contributed by atoms with Crippen molar-refractivity contribution in [2.24, 2.45) is 11.7 Å². The van der Waals surface area contributed by atoms with Crippen LogP contribution in [0.1, 0.15) is 38.8 Å². The zero-order chi connectivity index (χ0) is 14.5. The molecular formula is C17H28N2O. The highest BCUT2D eigenvalue weighted by Crippen LogP contribution is 2.29. The van der Waals surface area contributed by atoms with Gasteiger partial charge in [0.05, 0.1) is 12.7 Å². The highest BCUT2D eigenvalue weighted by molar-refractivity contribution is 5.19. The average Bonchev–Trinajstić information content (AvgIpc) is 2.45. The first-order valence-corrected chi connectivity index (χ1v) is 7.74. The summed E-state index contributed by atoms with van der Waals surface area (Å²) in [6.07, 6.45) is 1.33. The maximum Gasteiger partial charge on any atom is 0.0850 e. The molecule has 0 saturated carbocycles. The second kappa shape index (κ2) is 7.21. The van der Waals surface area contributed by atoms with Crippen LogP contribution in [0.25, 0.3) is 0 Å². The molecule has 3 unspecified atom stereocenters. The van der Waals surface area contributed by atoms with Gasteiger partial charge in [0.1, 0.15) is 0 Å². The van der Waals surface area contributed by atoms with E-state index in [0.717, 1.165) is 19.7 Å². The summed E-state index contributed by atoms with van der Waals surface area (Å²) in [6, 6.07) is 11.4. The fourth-order valence-electron chi connectivity index (χ4n) is 2.92. The summed E-state index contributed by atoms with van der Waals surface area (Å²) in [5, 5.41) is 0. The maximum atomic E-state index is 6.02. The van der Waals surface area contributed by atoms with E-state index in [1.807, 2.05) is 6.92 Å². The molecule has 20 heavy (non-hydrogen) atoms. The monoisotopic (exact) mass is 276 g/mol. The van der Waals surface area contributed by atoms with Gasteiger partial charge < -0.3 is 10.5 Å². The predicted octanol–water partition coefficient (Wildman–Crippen LogP) is 2.82. The zero-order valence-electron chi connectivity index (χ0n) is 13.0. The van der Waals surface area contributed by atoms with Gasteiger partial charge in [0, 0.05) is 25.2 Å². The number of rotatable bonds is 5. The van der Waals surface area contributed by atoms with E-state index in [4.69, 9.17) is 10.5 Å². The Bertz CT molecular complexity index is 391. The standard InChI is InChI=1S/C17H28N2O/c1-13(2)11-16(15-7-5-4-6-8-15)19-9-10-20-17(12-19)14(3)18/h4-8,13-14,16-17H,9-12,18H2,1-3H3. The topological polar surface area (TPSA) is 38.5 Å². The van der Waals surface area contributed by atoms with Gasteiger partial charge in [-0.15, -0.1) is 0 Å². The summed E-state index contributed by atoms with van der Waals surface area (Å²) in [5.74, 6) is 0.678. The van der Waals surface area contributed by atoms with Crippen molar-refractivity contribution in [2.45, 2.75) is 45.4 Å². The first-order chi connectivity index (χ1) is 9.58. The number of hydrogen-bond donors (Lipinski definition) is 1. The lowest BCUT2D eigenvalue weighted by atomic mass is 9.94. The molecule has 2 rings (SSSR count). The second-order valence-corrected chi connectivity index (χ2v) is 6.32. The number of ether oxygens (including phenoxy) is 1. The van der Waals surface area contributed by atoms with Crippen molar-refractivity contribution in [3.8, 4) is 0 Å². The van der Waals surface area contributed by atoms with Crippen LogP contribution in [0.5, 0.6) is 0 Å². The Morgan fingerprint density at radius 3 is 2.55 bits per heavy atom. The fourth-order valence-corrected chi connectivity index (χ4v) is 2.92. The van der Waals surface area contributed by atoms with E-state index in [1.165, 1.54) is 12.0 Å². The molecule has 1 aliphatic heterocycles. The van der Waals surface area contributed by atoms with E-state index in [0.29, 0.717) is 12.0 Å². The molecule has 3 atom stereocenters. The van der Waals surface area contributed by atoms with Gasteiger partial charge in [-0.25, -0.2) is 0 Å². The third-order valence-electron chi connectivity index (χ3n) is 4.03. The molecule has 1 aromatic carbocycles. The summed E-state index contributed by atoms with van der Waals surface area (Å²) in [7, 11) is 0. The van der Waals surface area contributed by atoms with Gasteiger partial charge in [0.25, 0.3) is 0 Å². The zero-order valence-corrected chi connectivity index (χ0v) is 13.0. The van der Waals surface area contributed by atoms with Crippen molar-refractivity contribution in [2.75, 3.05) is 19.7 Å². The summed E-state index contributed by atoms with van der Waals surface area (Å²) in [5.41, 5.74) is 7.43. The Morgan fingerprint density at radius 1 is 1.25 bits per heavy atom. The number of nitrogens with two attached hydrogens (primary N) is 1. The lowest BCUT2D eigenvalue weighted by Crippen LogP contribution is -2.50. The van der Waals surface area contributed by atoms with Crippen LogP contribution in [-0.2, 0) is 4.74 Å². The molecule has 1 heterocycles. The minimum atomic E-state index is 0.0910. The number of hydrogen-bond acceptors (Lipinski definition) is 3. The summed E-state index contributed by atoms with van der Waals surface area (Å²) >= 11 is 0. The van der Waals surface area contributed by atoms with Crippen LogP contribution in [0.2, 0.25) is 0 Å². The van der Waals surface area contributed by atoms with Crippen molar-refractivity contribution in [3.05, 3.63) is 35.9 Å². The lowest BCUT2D eigenvalue weighted by molar-refractivity contribution is -0.0547. The minimum Gasteiger partial charge on any atom is -0.374 e. The molecular weight excluding hydrogens is 248 g/mol. The molecule has 0 amide bonds. The van der Waals surface area contributed by atoms with E-state index in [9.17, 15) is 0 Å².